The molecule has 0 aromatic heterocycles. The van der Waals surface area contributed by atoms with Crippen LogP contribution in [0.2, 0.25) is 0 Å². The first-order valence-corrected chi connectivity index (χ1v) is 6.81. The summed E-state index contributed by atoms with van der Waals surface area (Å²) in [5.41, 5.74) is 1.90. The molecule has 0 saturated carbocycles. The fourth-order valence-electron chi connectivity index (χ4n) is 2.94. The van der Waals surface area contributed by atoms with E-state index in [4.69, 9.17) is 4.74 Å². The summed E-state index contributed by atoms with van der Waals surface area (Å²) in [6.45, 7) is 6.46. The van der Waals surface area contributed by atoms with Gasteiger partial charge in [0.2, 0.25) is 0 Å². The van der Waals surface area contributed by atoms with E-state index >= 15 is 0 Å². The van der Waals surface area contributed by atoms with E-state index in [0.717, 1.165) is 18.7 Å². The molecule has 0 radical (unpaired) electrons. The van der Waals surface area contributed by atoms with Crippen molar-refractivity contribution in [1.29, 1.82) is 0 Å². The van der Waals surface area contributed by atoms with Gasteiger partial charge in [-0.15, -0.1) is 0 Å². The van der Waals surface area contributed by atoms with Crippen molar-refractivity contribution < 1.29 is 9.53 Å². The number of anilines is 1. The summed E-state index contributed by atoms with van der Waals surface area (Å²) in [7, 11) is 0. The van der Waals surface area contributed by atoms with Gasteiger partial charge < -0.3 is 10.1 Å². The Bertz CT molecular complexity index is 507. The molecule has 2 unspecified atom stereocenters. The molecule has 1 saturated heterocycles. The first kappa shape index (κ1) is 12.3. The van der Waals surface area contributed by atoms with Crippen LogP contribution in [-0.4, -0.2) is 29.2 Å². The second-order valence-corrected chi connectivity index (χ2v) is 6.25. The minimum absolute atomic E-state index is 0.117. The van der Waals surface area contributed by atoms with Gasteiger partial charge in [0.1, 0.15) is 5.60 Å². The van der Waals surface area contributed by atoms with Crippen LogP contribution >= 0.6 is 0 Å². The monoisotopic (exact) mass is 260 g/mol. The number of rotatable bonds is 0. The van der Waals surface area contributed by atoms with Gasteiger partial charge in [-0.3, -0.25) is 4.90 Å². The number of amides is 1. The summed E-state index contributed by atoms with van der Waals surface area (Å²) in [5.74, 6) is 0. The Morgan fingerprint density at radius 2 is 2.11 bits per heavy atom. The van der Waals surface area contributed by atoms with Gasteiger partial charge in [0, 0.05) is 12.2 Å². The Morgan fingerprint density at radius 1 is 1.37 bits per heavy atom. The first-order chi connectivity index (χ1) is 8.96. The van der Waals surface area contributed by atoms with E-state index in [1.165, 1.54) is 5.56 Å². The van der Waals surface area contributed by atoms with Gasteiger partial charge >= 0.3 is 6.09 Å². The van der Waals surface area contributed by atoms with E-state index in [-0.39, 0.29) is 12.1 Å². The maximum atomic E-state index is 12.3. The SMILES string of the molecule is CC(C)(C)OC(=O)N1CCC2Nc3ccccc3C21. The lowest BCUT2D eigenvalue weighted by Crippen LogP contribution is -2.37. The maximum Gasteiger partial charge on any atom is 0.410 e. The highest BCUT2D eigenvalue weighted by Crippen LogP contribution is 2.43. The summed E-state index contributed by atoms with van der Waals surface area (Å²) in [5, 5.41) is 3.49. The van der Waals surface area contributed by atoms with Gasteiger partial charge in [-0.1, -0.05) is 18.2 Å². The number of benzene rings is 1. The number of para-hydroxylation sites is 1. The Morgan fingerprint density at radius 3 is 2.84 bits per heavy atom. The number of nitrogens with zero attached hydrogens (tertiary/aromatic N) is 1. The van der Waals surface area contributed by atoms with Gasteiger partial charge in [0.25, 0.3) is 0 Å². The minimum Gasteiger partial charge on any atom is -0.444 e. The summed E-state index contributed by atoms with van der Waals surface area (Å²) < 4.78 is 5.50. The lowest BCUT2D eigenvalue weighted by molar-refractivity contribution is 0.0225. The van der Waals surface area contributed by atoms with E-state index in [2.05, 4.69) is 17.4 Å². The highest BCUT2D eigenvalue weighted by molar-refractivity contribution is 5.72. The molecule has 0 spiro atoms. The second-order valence-electron chi connectivity index (χ2n) is 6.25. The van der Waals surface area contributed by atoms with Crippen molar-refractivity contribution in [1.82, 2.24) is 4.90 Å². The van der Waals surface area contributed by atoms with Crippen LogP contribution in [0, 0.1) is 0 Å². The van der Waals surface area contributed by atoms with Gasteiger partial charge in [0.05, 0.1) is 12.1 Å². The van der Waals surface area contributed by atoms with Crippen LogP contribution in [0.5, 0.6) is 0 Å². The Hall–Kier alpha value is -1.71. The fourth-order valence-corrected chi connectivity index (χ4v) is 2.94. The Kier molecular flexibility index (Phi) is 2.69. The summed E-state index contributed by atoms with van der Waals surface area (Å²) in [6, 6.07) is 8.64. The number of hydrogen-bond acceptors (Lipinski definition) is 3. The zero-order valence-electron chi connectivity index (χ0n) is 11.6. The number of carbonyl (C=O) groups is 1. The van der Waals surface area contributed by atoms with Crippen LogP contribution < -0.4 is 5.32 Å². The van der Waals surface area contributed by atoms with Crippen LogP contribution in [0.4, 0.5) is 10.5 Å². The molecule has 1 fully saturated rings. The molecule has 1 aromatic rings. The van der Waals surface area contributed by atoms with Crippen molar-refractivity contribution in [2.24, 2.45) is 0 Å². The average Bonchev–Trinajstić information content (AvgIpc) is 2.84. The topological polar surface area (TPSA) is 41.6 Å². The van der Waals surface area contributed by atoms with Gasteiger partial charge in [-0.05, 0) is 38.8 Å². The van der Waals surface area contributed by atoms with Crippen molar-refractivity contribution in [3.8, 4) is 0 Å². The molecule has 102 valence electrons. The molecular weight excluding hydrogens is 240 g/mol. The Balaban J connectivity index is 1.84. The summed E-state index contributed by atoms with van der Waals surface area (Å²) in [4.78, 5) is 14.1. The first-order valence-electron chi connectivity index (χ1n) is 6.81. The molecule has 0 aliphatic carbocycles. The zero-order chi connectivity index (χ0) is 13.6. The maximum absolute atomic E-state index is 12.3. The van der Waals surface area contributed by atoms with Crippen molar-refractivity contribution in [3.63, 3.8) is 0 Å². The van der Waals surface area contributed by atoms with Crippen LogP contribution in [0.15, 0.2) is 24.3 Å². The Labute approximate surface area is 113 Å². The molecule has 1 amide bonds. The van der Waals surface area contributed by atoms with Crippen molar-refractivity contribution in [2.45, 2.75) is 44.9 Å². The number of carbonyl (C=O) groups excluding carboxylic acids is 1. The number of likely N-dealkylation sites (tertiary alicyclic amines) is 1. The normalized spacial score (nSPS) is 24.7. The smallest absolute Gasteiger partial charge is 0.410 e. The van der Waals surface area contributed by atoms with Gasteiger partial charge in [-0.2, -0.15) is 0 Å². The largest absolute Gasteiger partial charge is 0.444 e. The van der Waals surface area contributed by atoms with E-state index < -0.39 is 5.60 Å². The molecule has 1 aromatic carbocycles. The van der Waals surface area contributed by atoms with Gasteiger partial charge in [0.15, 0.2) is 0 Å². The van der Waals surface area contributed by atoms with Crippen LogP contribution in [0.25, 0.3) is 0 Å². The summed E-state index contributed by atoms with van der Waals surface area (Å²) in [6.07, 6.45) is 0.761. The number of nitrogens with one attached hydrogen (secondary N) is 1. The molecule has 2 aliphatic heterocycles. The highest BCUT2D eigenvalue weighted by Gasteiger charge is 2.44. The lowest BCUT2D eigenvalue weighted by atomic mass is 10.0. The average molecular weight is 260 g/mol. The fraction of sp³-hybridized carbons (Fsp3) is 0.533. The molecule has 2 atom stereocenters. The van der Waals surface area contributed by atoms with Crippen molar-refractivity contribution >= 4 is 11.8 Å². The number of hydrogen-bond donors (Lipinski definition) is 1. The third-order valence-electron chi connectivity index (χ3n) is 3.65. The van der Waals surface area contributed by atoms with E-state index in [1.54, 1.807) is 0 Å². The molecule has 2 aliphatic rings. The van der Waals surface area contributed by atoms with Crippen molar-refractivity contribution in [2.75, 3.05) is 11.9 Å². The predicted octanol–water partition coefficient (Wildman–Crippen LogP) is 3.16. The quantitative estimate of drug-likeness (QED) is 0.779. The standard InChI is InChI=1S/C15H20N2O2/c1-15(2,3)19-14(18)17-9-8-12-13(17)10-6-4-5-7-11(10)16-12/h4-7,12-13,16H,8-9H2,1-3H3. The van der Waals surface area contributed by atoms with Crippen LogP contribution in [0.3, 0.4) is 0 Å². The molecule has 2 heterocycles. The van der Waals surface area contributed by atoms with E-state index in [9.17, 15) is 4.79 Å². The third kappa shape index (κ3) is 2.15. The van der Waals surface area contributed by atoms with Gasteiger partial charge in [-0.25, -0.2) is 4.79 Å². The minimum atomic E-state index is -0.444. The zero-order valence-corrected chi connectivity index (χ0v) is 11.6. The highest BCUT2D eigenvalue weighted by atomic mass is 16.6. The molecule has 4 nitrogen and oxygen atoms in total. The van der Waals surface area contributed by atoms with Crippen molar-refractivity contribution in [3.05, 3.63) is 29.8 Å². The molecule has 0 bridgehead atoms. The molecule has 4 heteroatoms. The molecule has 1 N–H and O–H groups in total. The van der Waals surface area contributed by atoms with Crippen LogP contribution in [0.1, 0.15) is 38.8 Å². The van der Waals surface area contributed by atoms with Crippen LogP contribution in [-0.2, 0) is 4.74 Å². The molecule has 3 rings (SSSR count). The molecule has 19 heavy (non-hydrogen) atoms. The van der Waals surface area contributed by atoms with E-state index in [0.29, 0.717) is 6.04 Å². The predicted molar refractivity (Wildman–Crippen MR) is 74.2 cm³/mol. The lowest BCUT2D eigenvalue weighted by Gasteiger charge is -2.28. The number of fused-ring (bicyclic) bond motifs is 3. The second kappa shape index (κ2) is 4.15. The summed E-state index contributed by atoms with van der Waals surface area (Å²) >= 11 is 0. The van der Waals surface area contributed by atoms with E-state index in [1.807, 2.05) is 37.8 Å². The number of ether oxygens (including phenoxy) is 1. The molecular formula is C15H20N2O2. The third-order valence-corrected chi connectivity index (χ3v) is 3.65.